The number of nitrogens with zero attached hydrogens (tertiary/aromatic N) is 4. The lowest BCUT2D eigenvalue weighted by Crippen LogP contribution is -2.29. The zero-order valence-corrected chi connectivity index (χ0v) is 20.8. The van der Waals surface area contributed by atoms with Crippen LogP contribution >= 0.6 is 11.6 Å². The molecule has 184 valence electrons. The fraction of sp³-hybridized carbons (Fsp3) is 0.125. The van der Waals surface area contributed by atoms with Crippen LogP contribution in [0.5, 0.6) is 0 Å². The molecule has 0 saturated heterocycles. The number of sulfonamides is 1. The molecule has 2 heterocycles. The second-order valence-electron chi connectivity index (χ2n) is 7.84. The molecule has 0 aliphatic carbocycles. The van der Waals surface area contributed by atoms with Gasteiger partial charge < -0.3 is 5.32 Å². The summed E-state index contributed by atoms with van der Waals surface area (Å²) in [7, 11) is -3.90. The van der Waals surface area contributed by atoms with Crippen molar-refractivity contribution in [2.45, 2.75) is 25.3 Å². The lowest BCUT2D eigenvalue weighted by atomic mass is 10.1. The van der Waals surface area contributed by atoms with Gasteiger partial charge in [-0.15, -0.1) is 0 Å². The number of benzene rings is 2. The second kappa shape index (κ2) is 10.3. The van der Waals surface area contributed by atoms with E-state index in [4.69, 9.17) is 11.6 Å². The average Bonchev–Trinajstić information content (AvgIpc) is 2.80. The summed E-state index contributed by atoms with van der Waals surface area (Å²) in [6.45, 7) is 3.08. The van der Waals surface area contributed by atoms with E-state index >= 15 is 0 Å². The van der Waals surface area contributed by atoms with Gasteiger partial charge in [-0.2, -0.15) is 5.10 Å². The molecule has 10 nitrogen and oxygen atoms in total. The molecule has 0 unspecified atom stereocenters. The summed E-state index contributed by atoms with van der Waals surface area (Å²) in [5.74, 6) is 0.104. The van der Waals surface area contributed by atoms with Gasteiger partial charge in [-0.1, -0.05) is 23.7 Å². The van der Waals surface area contributed by atoms with Crippen molar-refractivity contribution < 1.29 is 13.2 Å². The Labute approximate surface area is 212 Å². The largest absolute Gasteiger partial charge is 0.324 e. The molecule has 1 amide bonds. The van der Waals surface area contributed by atoms with E-state index in [0.717, 1.165) is 10.2 Å². The van der Waals surface area contributed by atoms with E-state index in [0.29, 0.717) is 27.9 Å². The molecule has 0 saturated carbocycles. The minimum atomic E-state index is -3.90. The van der Waals surface area contributed by atoms with Gasteiger partial charge in [-0.05, 0) is 56.3 Å². The summed E-state index contributed by atoms with van der Waals surface area (Å²) in [4.78, 5) is 32.9. The van der Waals surface area contributed by atoms with Crippen LogP contribution in [0.15, 0.2) is 76.4 Å². The third-order valence-corrected chi connectivity index (χ3v) is 6.58. The fourth-order valence-electron chi connectivity index (χ4n) is 3.36. The van der Waals surface area contributed by atoms with Gasteiger partial charge in [0.15, 0.2) is 0 Å². The number of carbonyl (C=O) groups excluding carboxylic acids is 1. The third-order valence-electron chi connectivity index (χ3n) is 4.95. The lowest BCUT2D eigenvalue weighted by Gasteiger charge is -2.10. The Morgan fingerprint density at radius 2 is 1.67 bits per heavy atom. The van der Waals surface area contributed by atoms with E-state index in [-0.39, 0.29) is 17.3 Å². The second-order valence-corrected chi connectivity index (χ2v) is 9.96. The molecule has 0 fully saturated rings. The van der Waals surface area contributed by atoms with E-state index in [1.807, 2.05) is 0 Å². The number of aromatic nitrogens is 4. The van der Waals surface area contributed by atoms with Gasteiger partial charge in [0.05, 0.1) is 10.6 Å². The van der Waals surface area contributed by atoms with Crippen LogP contribution in [0.3, 0.4) is 0 Å². The molecular formula is C24H21ClN6O4S. The van der Waals surface area contributed by atoms with Crippen molar-refractivity contribution in [1.82, 2.24) is 19.7 Å². The number of anilines is 2. The summed E-state index contributed by atoms with van der Waals surface area (Å²) in [6.07, 6.45) is 0. The number of aryl methyl sites for hydroxylation is 2. The van der Waals surface area contributed by atoms with Gasteiger partial charge in [-0.25, -0.2) is 23.1 Å². The van der Waals surface area contributed by atoms with E-state index < -0.39 is 21.5 Å². The molecule has 4 aromatic rings. The Morgan fingerprint density at radius 1 is 0.972 bits per heavy atom. The van der Waals surface area contributed by atoms with E-state index in [1.54, 1.807) is 44.2 Å². The Hall–Kier alpha value is -4.09. The van der Waals surface area contributed by atoms with Crippen molar-refractivity contribution in [2.24, 2.45) is 0 Å². The first-order chi connectivity index (χ1) is 17.1. The molecule has 4 rings (SSSR count). The lowest BCUT2D eigenvalue weighted by molar-refractivity contribution is -0.117. The summed E-state index contributed by atoms with van der Waals surface area (Å²) >= 11 is 5.91. The number of amides is 1. The molecule has 12 heteroatoms. The monoisotopic (exact) mass is 524 g/mol. The van der Waals surface area contributed by atoms with Crippen molar-refractivity contribution in [3.05, 3.63) is 93.6 Å². The van der Waals surface area contributed by atoms with Crippen LogP contribution < -0.4 is 15.6 Å². The van der Waals surface area contributed by atoms with Gasteiger partial charge in [0, 0.05) is 34.1 Å². The third kappa shape index (κ3) is 6.12. The first-order valence-corrected chi connectivity index (χ1v) is 12.5. The summed E-state index contributed by atoms with van der Waals surface area (Å²) < 4.78 is 28.8. The number of nitrogens with one attached hydrogen (secondary N) is 2. The minimum absolute atomic E-state index is 0.0111. The van der Waals surface area contributed by atoms with E-state index in [1.165, 1.54) is 36.4 Å². The fourth-order valence-corrected chi connectivity index (χ4v) is 4.47. The van der Waals surface area contributed by atoms with Gasteiger partial charge in [0.1, 0.15) is 18.2 Å². The van der Waals surface area contributed by atoms with Gasteiger partial charge in [0.2, 0.25) is 5.91 Å². The van der Waals surface area contributed by atoms with E-state index in [9.17, 15) is 18.0 Å². The molecule has 0 bridgehead atoms. The topological polar surface area (TPSA) is 136 Å². The standard InChI is InChI=1S/C24H21ClN6O4S/c1-15-13-22(27-16(2)26-15)30-36(34,35)20-9-7-19(8-10-20)28-23(32)14-31-24(33)12-11-21(29-31)17-3-5-18(25)6-4-17/h3-13H,14H2,1-2H3,(H,28,32)(H,26,27,30). The highest BCUT2D eigenvalue weighted by Crippen LogP contribution is 2.19. The van der Waals surface area contributed by atoms with Crippen LogP contribution in [-0.2, 0) is 21.4 Å². The molecule has 36 heavy (non-hydrogen) atoms. The van der Waals surface area contributed by atoms with Crippen molar-refractivity contribution in [3.63, 3.8) is 0 Å². The zero-order valence-electron chi connectivity index (χ0n) is 19.3. The number of hydrogen-bond donors (Lipinski definition) is 2. The zero-order chi connectivity index (χ0) is 25.9. The molecule has 0 aliphatic rings. The summed E-state index contributed by atoms with van der Waals surface area (Å²) in [5, 5.41) is 7.46. The SMILES string of the molecule is Cc1cc(NS(=O)(=O)c2ccc(NC(=O)Cn3nc(-c4ccc(Cl)cc4)ccc3=O)cc2)nc(C)n1. The number of hydrogen-bond acceptors (Lipinski definition) is 7. The highest BCUT2D eigenvalue weighted by Gasteiger charge is 2.16. The molecular weight excluding hydrogens is 504 g/mol. The van der Waals surface area contributed by atoms with Crippen molar-refractivity contribution in [2.75, 3.05) is 10.0 Å². The first-order valence-electron chi connectivity index (χ1n) is 10.7. The van der Waals surface area contributed by atoms with Crippen LogP contribution in [0.1, 0.15) is 11.5 Å². The molecule has 0 aliphatic heterocycles. The number of halogens is 1. The molecule has 0 atom stereocenters. The maximum absolute atomic E-state index is 12.7. The number of carbonyl (C=O) groups is 1. The molecule has 0 radical (unpaired) electrons. The summed E-state index contributed by atoms with van der Waals surface area (Å²) in [5.41, 5.74) is 1.80. The minimum Gasteiger partial charge on any atom is -0.324 e. The Balaban J connectivity index is 1.44. The van der Waals surface area contributed by atoms with Crippen LogP contribution in [-0.4, -0.2) is 34.1 Å². The normalized spacial score (nSPS) is 11.2. The first kappa shape index (κ1) is 25.0. The summed E-state index contributed by atoms with van der Waals surface area (Å²) in [6, 6.07) is 17.0. The maximum Gasteiger partial charge on any atom is 0.267 e. The number of rotatable bonds is 7. The maximum atomic E-state index is 12.7. The van der Waals surface area contributed by atoms with Gasteiger partial charge in [-0.3, -0.25) is 14.3 Å². The van der Waals surface area contributed by atoms with Crippen LogP contribution in [0.4, 0.5) is 11.5 Å². The Kier molecular flexibility index (Phi) is 7.13. The van der Waals surface area contributed by atoms with Crippen LogP contribution in [0.25, 0.3) is 11.3 Å². The van der Waals surface area contributed by atoms with Crippen LogP contribution in [0, 0.1) is 13.8 Å². The highest BCUT2D eigenvalue weighted by atomic mass is 35.5. The van der Waals surface area contributed by atoms with Crippen molar-refractivity contribution in [3.8, 4) is 11.3 Å². The Morgan fingerprint density at radius 3 is 2.33 bits per heavy atom. The quantitative estimate of drug-likeness (QED) is 0.378. The van der Waals surface area contributed by atoms with Crippen molar-refractivity contribution in [1.29, 1.82) is 0 Å². The Bertz CT molecular complexity index is 1570. The van der Waals surface area contributed by atoms with Crippen molar-refractivity contribution >= 4 is 39.0 Å². The molecule has 2 aromatic heterocycles. The molecule has 0 spiro atoms. The average molecular weight is 525 g/mol. The predicted molar refractivity (Wildman–Crippen MR) is 136 cm³/mol. The van der Waals surface area contributed by atoms with E-state index in [2.05, 4.69) is 25.1 Å². The predicted octanol–water partition coefficient (Wildman–Crippen LogP) is 3.41. The van der Waals surface area contributed by atoms with Gasteiger partial charge >= 0.3 is 0 Å². The van der Waals surface area contributed by atoms with Crippen LogP contribution in [0.2, 0.25) is 5.02 Å². The van der Waals surface area contributed by atoms with Gasteiger partial charge in [0.25, 0.3) is 15.6 Å². The smallest absolute Gasteiger partial charge is 0.267 e. The highest BCUT2D eigenvalue weighted by molar-refractivity contribution is 7.92. The molecule has 2 aromatic carbocycles. The molecule has 2 N–H and O–H groups in total.